The van der Waals surface area contributed by atoms with E-state index in [1.807, 2.05) is 24.9 Å². The highest BCUT2D eigenvalue weighted by atomic mass is 19.1. The first-order valence-corrected chi connectivity index (χ1v) is 7.70. The first-order valence-electron chi connectivity index (χ1n) is 7.70. The number of aromatic nitrogens is 2. The lowest BCUT2D eigenvalue weighted by molar-refractivity contribution is 0.153. The number of likely N-dealkylation sites (N-methyl/N-ethyl adjacent to an activating group) is 1. The lowest BCUT2D eigenvalue weighted by atomic mass is 10.0. The number of alkyl halides is 1. The largest absolute Gasteiger partial charge is 0.364 e. The van der Waals surface area contributed by atoms with E-state index in [4.69, 9.17) is 0 Å². The molecule has 0 bridgehead atoms. The van der Waals surface area contributed by atoms with Crippen molar-refractivity contribution in [3.05, 3.63) is 41.7 Å². The van der Waals surface area contributed by atoms with Crippen LogP contribution in [0.3, 0.4) is 0 Å². The molecule has 122 valence electrons. The number of hydrogen-bond donors (Lipinski definition) is 1. The van der Waals surface area contributed by atoms with E-state index in [0.717, 1.165) is 23.4 Å². The summed E-state index contributed by atoms with van der Waals surface area (Å²) in [5.41, 5.74) is 2.49. The van der Waals surface area contributed by atoms with Gasteiger partial charge in [0.05, 0.1) is 5.69 Å². The van der Waals surface area contributed by atoms with Crippen LogP contribution >= 0.6 is 0 Å². The molecule has 2 aromatic rings. The summed E-state index contributed by atoms with van der Waals surface area (Å²) in [7, 11) is 1.91. The standard InChI is InChI=1S/C17H20F2N4/c1-11-7-16(20-15-8-14(19)9-23(2)10-15)21-22-17(11)12-3-5-13(18)6-4-12/h3-7,14-15H,8-10H2,1-2H3,(H,20,21)/t14-,15-/m1/s1. The van der Waals surface area contributed by atoms with Crippen molar-refractivity contribution in [2.75, 3.05) is 25.5 Å². The molecule has 2 atom stereocenters. The Morgan fingerprint density at radius 1 is 1.17 bits per heavy atom. The summed E-state index contributed by atoms with van der Waals surface area (Å²) in [5.74, 6) is 0.362. The number of benzene rings is 1. The molecule has 0 unspecified atom stereocenters. The summed E-state index contributed by atoms with van der Waals surface area (Å²) in [6.45, 7) is 3.19. The van der Waals surface area contributed by atoms with Gasteiger partial charge < -0.3 is 10.2 Å². The molecule has 0 amide bonds. The van der Waals surface area contributed by atoms with Crippen molar-refractivity contribution >= 4 is 5.82 Å². The molecule has 0 saturated carbocycles. The van der Waals surface area contributed by atoms with Crippen molar-refractivity contribution in [1.29, 1.82) is 0 Å². The summed E-state index contributed by atoms with van der Waals surface area (Å²) in [4.78, 5) is 1.97. The Hall–Kier alpha value is -2.08. The summed E-state index contributed by atoms with van der Waals surface area (Å²) < 4.78 is 26.6. The molecular weight excluding hydrogens is 298 g/mol. The van der Waals surface area contributed by atoms with Crippen LogP contribution in [0.15, 0.2) is 30.3 Å². The van der Waals surface area contributed by atoms with E-state index in [2.05, 4.69) is 15.5 Å². The average Bonchev–Trinajstić information content (AvgIpc) is 2.47. The summed E-state index contributed by atoms with van der Waals surface area (Å²) >= 11 is 0. The molecule has 0 radical (unpaired) electrons. The third-order valence-electron chi connectivity index (χ3n) is 4.04. The maximum Gasteiger partial charge on any atom is 0.149 e. The van der Waals surface area contributed by atoms with Crippen LogP contribution in [0.2, 0.25) is 0 Å². The first-order chi connectivity index (χ1) is 11.0. The van der Waals surface area contributed by atoms with Gasteiger partial charge in [0, 0.05) is 31.1 Å². The monoisotopic (exact) mass is 318 g/mol. The second-order valence-corrected chi connectivity index (χ2v) is 6.16. The summed E-state index contributed by atoms with van der Waals surface area (Å²) in [5, 5.41) is 11.7. The quantitative estimate of drug-likeness (QED) is 0.944. The van der Waals surface area contributed by atoms with Gasteiger partial charge in [0.1, 0.15) is 17.8 Å². The number of halogens is 2. The Morgan fingerprint density at radius 3 is 2.57 bits per heavy atom. The SMILES string of the molecule is Cc1cc(N[C@@H]2C[C@@H](F)CN(C)C2)nnc1-c1ccc(F)cc1. The minimum Gasteiger partial charge on any atom is -0.364 e. The van der Waals surface area contributed by atoms with E-state index in [0.29, 0.717) is 18.8 Å². The lowest BCUT2D eigenvalue weighted by Crippen LogP contribution is -2.45. The lowest BCUT2D eigenvalue weighted by Gasteiger charge is -2.32. The van der Waals surface area contributed by atoms with E-state index in [9.17, 15) is 8.78 Å². The van der Waals surface area contributed by atoms with E-state index in [1.54, 1.807) is 12.1 Å². The molecular formula is C17H20F2N4. The smallest absolute Gasteiger partial charge is 0.149 e. The Balaban J connectivity index is 1.75. The van der Waals surface area contributed by atoms with Crippen LogP contribution in [-0.4, -0.2) is 47.4 Å². The molecule has 1 aromatic carbocycles. The number of likely N-dealkylation sites (tertiary alicyclic amines) is 1. The predicted molar refractivity (Wildman–Crippen MR) is 86.6 cm³/mol. The van der Waals surface area contributed by atoms with E-state index in [1.165, 1.54) is 12.1 Å². The zero-order valence-corrected chi connectivity index (χ0v) is 13.3. The normalized spacial score (nSPS) is 22.1. The van der Waals surface area contributed by atoms with Crippen LogP contribution in [0.1, 0.15) is 12.0 Å². The van der Waals surface area contributed by atoms with Crippen LogP contribution in [0.5, 0.6) is 0 Å². The fraction of sp³-hybridized carbons (Fsp3) is 0.412. The molecule has 1 aliphatic rings. The zero-order valence-electron chi connectivity index (χ0n) is 13.3. The fourth-order valence-electron chi connectivity index (χ4n) is 3.01. The van der Waals surface area contributed by atoms with Gasteiger partial charge in [0.25, 0.3) is 0 Å². The third kappa shape index (κ3) is 3.82. The number of hydrogen-bond acceptors (Lipinski definition) is 4. The molecule has 2 heterocycles. The Morgan fingerprint density at radius 2 is 1.91 bits per heavy atom. The maximum absolute atomic E-state index is 13.6. The van der Waals surface area contributed by atoms with Crippen LogP contribution < -0.4 is 5.32 Å². The highest BCUT2D eigenvalue weighted by molar-refractivity contribution is 5.63. The highest BCUT2D eigenvalue weighted by Crippen LogP contribution is 2.23. The van der Waals surface area contributed by atoms with Gasteiger partial charge in [-0.05, 0) is 49.9 Å². The van der Waals surface area contributed by atoms with Gasteiger partial charge in [-0.3, -0.25) is 0 Å². The second kappa shape index (κ2) is 6.58. The van der Waals surface area contributed by atoms with E-state index in [-0.39, 0.29) is 11.9 Å². The number of rotatable bonds is 3. The van der Waals surface area contributed by atoms with Crippen molar-refractivity contribution in [3.63, 3.8) is 0 Å². The second-order valence-electron chi connectivity index (χ2n) is 6.16. The molecule has 4 nitrogen and oxygen atoms in total. The molecule has 6 heteroatoms. The summed E-state index contributed by atoms with van der Waals surface area (Å²) in [6, 6.07) is 8.10. The van der Waals surface area contributed by atoms with Gasteiger partial charge in [-0.1, -0.05) is 0 Å². The number of nitrogens with zero attached hydrogens (tertiary/aromatic N) is 3. The van der Waals surface area contributed by atoms with Gasteiger partial charge >= 0.3 is 0 Å². The molecule has 0 aliphatic carbocycles. The molecule has 0 spiro atoms. The molecule has 23 heavy (non-hydrogen) atoms. The minimum atomic E-state index is -0.821. The first kappa shape index (κ1) is 15.8. The summed E-state index contributed by atoms with van der Waals surface area (Å²) in [6.07, 6.45) is -0.344. The Labute approximate surface area is 134 Å². The number of nitrogens with one attached hydrogen (secondary N) is 1. The van der Waals surface area contributed by atoms with Crippen molar-refractivity contribution in [3.8, 4) is 11.3 Å². The van der Waals surface area contributed by atoms with Crippen LogP contribution in [0, 0.1) is 12.7 Å². The van der Waals surface area contributed by atoms with Crippen molar-refractivity contribution in [2.24, 2.45) is 0 Å². The average molecular weight is 318 g/mol. The molecule has 1 N–H and O–H groups in total. The zero-order chi connectivity index (χ0) is 16.4. The fourth-order valence-corrected chi connectivity index (χ4v) is 3.01. The molecule has 1 aromatic heterocycles. The molecule has 1 fully saturated rings. The number of anilines is 1. The van der Waals surface area contributed by atoms with Crippen LogP contribution in [0.4, 0.5) is 14.6 Å². The third-order valence-corrected chi connectivity index (χ3v) is 4.04. The molecule has 3 rings (SSSR count). The Bertz CT molecular complexity index is 665. The van der Waals surface area contributed by atoms with Gasteiger partial charge in [0.2, 0.25) is 0 Å². The highest BCUT2D eigenvalue weighted by Gasteiger charge is 2.25. The number of aryl methyl sites for hydroxylation is 1. The van der Waals surface area contributed by atoms with Crippen LogP contribution in [-0.2, 0) is 0 Å². The molecule has 1 saturated heterocycles. The minimum absolute atomic E-state index is 0.0223. The van der Waals surface area contributed by atoms with Crippen molar-refractivity contribution < 1.29 is 8.78 Å². The molecule has 1 aliphatic heterocycles. The van der Waals surface area contributed by atoms with Crippen LogP contribution in [0.25, 0.3) is 11.3 Å². The Kier molecular flexibility index (Phi) is 4.52. The topological polar surface area (TPSA) is 41.0 Å². The van der Waals surface area contributed by atoms with Crippen molar-refractivity contribution in [1.82, 2.24) is 15.1 Å². The van der Waals surface area contributed by atoms with Gasteiger partial charge in [-0.25, -0.2) is 8.78 Å². The van der Waals surface area contributed by atoms with Crippen molar-refractivity contribution in [2.45, 2.75) is 25.6 Å². The van der Waals surface area contributed by atoms with Gasteiger partial charge in [-0.15, -0.1) is 10.2 Å². The van der Waals surface area contributed by atoms with E-state index < -0.39 is 6.17 Å². The van der Waals surface area contributed by atoms with Gasteiger partial charge in [0.15, 0.2) is 0 Å². The van der Waals surface area contributed by atoms with E-state index >= 15 is 0 Å². The van der Waals surface area contributed by atoms with Gasteiger partial charge in [-0.2, -0.15) is 0 Å². The maximum atomic E-state index is 13.6. The predicted octanol–water partition coefficient (Wildman–Crippen LogP) is 3.05. The number of piperidine rings is 1.